The van der Waals surface area contributed by atoms with Gasteiger partial charge in [-0.1, -0.05) is 18.2 Å². The van der Waals surface area contributed by atoms with Crippen LogP contribution in [0.15, 0.2) is 42.5 Å². The molecule has 1 amide bonds. The van der Waals surface area contributed by atoms with Gasteiger partial charge in [-0.05, 0) is 29.8 Å². The van der Waals surface area contributed by atoms with Crippen molar-refractivity contribution in [1.29, 1.82) is 0 Å². The number of anilines is 1. The normalized spacial score (nSPS) is 12.5. The Labute approximate surface area is 163 Å². The number of hydrogen-bond donors (Lipinski definition) is 4. The number of thiophene rings is 2. The number of aliphatic hydroxyl groups is 1. The molecular formula is C20H17NO4S2. The van der Waals surface area contributed by atoms with Gasteiger partial charge in [-0.15, -0.1) is 22.7 Å². The van der Waals surface area contributed by atoms with Crippen LogP contribution in [0.2, 0.25) is 0 Å². The Bertz CT molecular complexity index is 1160. The summed E-state index contributed by atoms with van der Waals surface area (Å²) in [5, 5.41) is 35.8. The Balaban J connectivity index is 1.65. The summed E-state index contributed by atoms with van der Waals surface area (Å²) in [4.78, 5) is 11.8. The molecule has 0 aliphatic rings. The molecule has 0 bridgehead atoms. The third-order valence-electron chi connectivity index (χ3n) is 4.34. The third kappa shape index (κ3) is 3.25. The van der Waals surface area contributed by atoms with Crippen molar-refractivity contribution in [2.45, 2.75) is 19.4 Å². The van der Waals surface area contributed by atoms with Crippen LogP contribution in [0.1, 0.15) is 23.5 Å². The largest absolute Gasteiger partial charge is 0.506 e. The fraction of sp³-hybridized carbons (Fsp3) is 0.150. The van der Waals surface area contributed by atoms with Gasteiger partial charge >= 0.3 is 0 Å². The van der Waals surface area contributed by atoms with Gasteiger partial charge in [0.05, 0.1) is 11.0 Å². The van der Waals surface area contributed by atoms with E-state index in [1.54, 1.807) is 6.07 Å². The molecule has 1 unspecified atom stereocenters. The predicted molar refractivity (Wildman–Crippen MR) is 110 cm³/mol. The molecule has 4 N–H and O–H groups in total. The number of nitrogens with one attached hydrogen (secondary N) is 1. The molecule has 4 rings (SSSR count). The number of carbonyl (C=O) groups excluding carboxylic acids is 1. The van der Waals surface area contributed by atoms with Crippen LogP contribution in [0.25, 0.3) is 20.2 Å². The first kappa shape index (κ1) is 17.8. The lowest BCUT2D eigenvalue weighted by molar-refractivity contribution is -0.114. The monoisotopic (exact) mass is 399 g/mol. The average Bonchev–Trinajstić information content (AvgIpc) is 3.13. The van der Waals surface area contributed by atoms with Crippen molar-refractivity contribution in [2.75, 3.05) is 5.32 Å². The highest BCUT2D eigenvalue weighted by Crippen LogP contribution is 2.43. The number of benzene rings is 2. The Morgan fingerprint density at radius 2 is 1.78 bits per heavy atom. The summed E-state index contributed by atoms with van der Waals surface area (Å²) >= 11 is 2.67. The minimum atomic E-state index is -0.851. The van der Waals surface area contributed by atoms with Crippen molar-refractivity contribution in [2.24, 2.45) is 0 Å². The fourth-order valence-electron chi connectivity index (χ4n) is 3.10. The van der Waals surface area contributed by atoms with E-state index in [0.717, 1.165) is 20.3 Å². The minimum Gasteiger partial charge on any atom is -0.506 e. The van der Waals surface area contributed by atoms with Crippen molar-refractivity contribution >= 4 is 53.8 Å². The van der Waals surface area contributed by atoms with E-state index < -0.39 is 6.10 Å². The average molecular weight is 399 g/mol. The fourth-order valence-corrected chi connectivity index (χ4v) is 5.20. The summed E-state index contributed by atoms with van der Waals surface area (Å²) < 4.78 is 1.77. The highest BCUT2D eigenvalue weighted by atomic mass is 32.1. The maximum atomic E-state index is 11.2. The molecule has 7 heteroatoms. The standard InChI is InChI=1S/C20H17NO4S2/c1-10(22)21-20-18(25)13-8-11(6-7-16(13)27-20)9-14(23)19-17(24)12-4-2-3-5-15(12)26-19/h2-8,14,23-25H,9H2,1H3,(H,21,22). The maximum Gasteiger partial charge on any atom is 0.221 e. The first-order chi connectivity index (χ1) is 12.9. The van der Waals surface area contributed by atoms with Crippen molar-refractivity contribution in [3.8, 4) is 11.5 Å². The number of aliphatic hydroxyl groups excluding tert-OH is 1. The molecule has 0 radical (unpaired) electrons. The minimum absolute atomic E-state index is 0.0336. The van der Waals surface area contributed by atoms with Crippen LogP contribution in [0.3, 0.4) is 0 Å². The topological polar surface area (TPSA) is 89.8 Å². The molecule has 0 aliphatic carbocycles. The van der Waals surface area contributed by atoms with Crippen LogP contribution < -0.4 is 5.32 Å². The molecule has 1 atom stereocenters. The van der Waals surface area contributed by atoms with Crippen molar-refractivity contribution in [3.63, 3.8) is 0 Å². The molecule has 0 spiro atoms. The number of aromatic hydroxyl groups is 2. The van der Waals surface area contributed by atoms with E-state index in [1.165, 1.54) is 29.6 Å². The van der Waals surface area contributed by atoms with E-state index in [0.29, 0.717) is 21.7 Å². The Morgan fingerprint density at radius 3 is 2.52 bits per heavy atom. The van der Waals surface area contributed by atoms with Crippen LogP contribution in [-0.4, -0.2) is 21.2 Å². The van der Waals surface area contributed by atoms with E-state index in [1.807, 2.05) is 36.4 Å². The number of hydrogen-bond acceptors (Lipinski definition) is 6. The molecular weight excluding hydrogens is 382 g/mol. The second kappa shape index (κ2) is 6.84. The lowest BCUT2D eigenvalue weighted by Crippen LogP contribution is -2.03. The van der Waals surface area contributed by atoms with Crippen LogP contribution in [0.4, 0.5) is 5.00 Å². The van der Waals surface area contributed by atoms with E-state index in [-0.39, 0.29) is 17.4 Å². The quantitative estimate of drug-likeness (QED) is 0.398. The van der Waals surface area contributed by atoms with E-state index in [4.69, 9.17) is 0 Å². The van der Waals surface area contributed by atoms with Gasteiger partial charge < -0.3 is 20.6 Å². The molecule has 138 valence electrons. The number of carbonyl (C=O) groups is 1. The van der Waals surface area contributed by atoms with E-state index in [2.05, 4.69) is 5.32 Å². The molecule has 4 aromatic rings. The Morgan fingerprint density at radius 1 is 1.04 bits per heavy atom. The van der Waals surface area contributed by atoms with Gasteiger partial charge in [-0.3, -0.25) is 4.79 Å². The molecule has 5 nitrogen and oxygen atoms in total. The van der Waals surface area contributed by atoms with Gasteiger partial charge in [0.1, 0.15) is 10.8 Å². The Kier molecular flexibility index (Phi) is 4.51. The zero-order chi connectivity index (χ0) is 19.1. The van der Waals surface area contributed by atoms with E-state index >= 15 is 0 Å². The predicted octanol–water partition coefficient (Wildman–Crippen LogP) is 4.76. The Hall–Kier alpha value is -2.61. The lowest BCUT2D eigenvalue weighted by atomic mass is 10.0. The smallest absolute Gasteiger partial charge is 0.221 e. The molecule has 2 heterocycles. The second-order valence-corrected chi connectivity index (χ2v) is 8.46. The van der Waals surface area contributed by atoms with Gasteiger partial charge in [0.2, 0.25) is 5.91 Å². The van der Waals surface area contributed by atoms with Crippen LogP contribution >= 0.6 is 22.7 Å². The maximum absolute atomic E-state index is 11.2. The van der Waals surface area contributed by atoms with Gasteiger partial charge in [-0.25, -0.2) is 0 Å². The summed E-state index contributed by atoms with van der Waals surface area (Å²) in [7, 11) is 0. The number of amides is 1. The summed E-state index contributed by atoms with van der Waals surface area (Å²) in [6.07, 6.45) is -0.545. The highest BCUT2D eigenvalue weighted by molar-refractivity contribution is 7.23. The zero-order valence-electron chi connectivity index (χ0n) is 14.4. The van der Waals surface area contributed by atoms with Crippen LogP contribution in [-0.2, 0) is 11.2 Å². The van der Waals surface area contributed by atoms with Crippen LogP contribution in [0, 0.1) is 0 Å². The number of rotatable bonds is 4. The van der Waals surface area contributed by atoms with E-state index in [9.17, 15) is 20.1 Å². The summed E-state index contributed by atoms with van der Waals surface area (Å²) in [5.74, 6) is -0.0884. The molecule has 2 aromatic carbocycles. The molecule has 0 fully saturated rings. The molecule has 0 saturated heterocycles. The SMILES string of the molecule is CC(=O)Nc1sc2ccc(CC(O)c3sc4ccccc4c3O)cc2c1O. The first-order valence-electron chi connectivity index (χ1n) is 8.34. The summed E-state index contributed by atoms with van der Waals surface area (Å²) in [5.41, 5.74) is 0.828. The first-order valence-corrected chi connectivity index (χ1v) is 9.97. The molecule has 0 aliphatic heterocycles. The highest BCUT2D eigenvalue weighted by Gasteiger charge is 2.20. The van der Waals surface area contributed by atoms with Crippen LogP contribution in [0.5, 0.6) is 11.5 Å². The molecule has 2 aromatic heterocycles. The van der Waals surface area contributed by atoms with Crippen molar-refractivity contribution < 1.29 is 20.1 Å². The molecule has 27 heavy (non-hydrogen) atoms. The third-order valence-corrected chi connectivity index (χ3v) is 6.68. The summed E-state index contributed by atoms with van der Waals surface area (Å²) in [6.45, 7) is 1.39. The van der Waals surface area contributed by atoms with Crippen molar-refractivity contribution in [1.82, 2.24) is 0 Å². The molecule has 0 saturated carbocycles. The van der Waals surface area contributed by atoms with Gasteiger partial charge in [0, 0.05) is 33.5 Å². The second-order valence-electron chi connectivity index (χ2n) is 6.32. The van der Waals surface area contributed by atoms with Gasteiger partial charge in [0.15, 0.2) is 5.75 Å². The number of fused-ring (bicyclic) bond motifs is 2. The van der Waals surface area contributed by atoms with Gasteiger partial charge in [-0.2, -0.15) is 0 Å². The van der Waals surface area contributed by atoms with Crippen molar-refractivity contribution in [3.05, 3.63) is 52.9 Å². The lowest BCUT2D eigenvalue weighted by Gasteiger charge is -2.09. The zero-order valence-corrected chi connectivity index (χ0v) is 16.0. The van der Waals surface area contributed by atoms with Gasteiger partial charge in [0.25, 0.3) is 0 Å². The summed E-state index contributed by atoms with van der Waals surface area (Å²) in [6, 6.07) is 13.0.